The zero-order chi connectivity index (χ0) is 15.9. The van der Waals surface area contributed by atoms with E-state index in [9.17, 15) is 14.7 Å². The van der Waals surface area contributed by atoms with E-state index in [-0.39, 0.29) is 16.7 Å². The third-order valence-electron chi connectivity index (χ3n) is 3.89. The van der Waals surface area contributed by atoms with Crippen LogP contribution in [0, 0.1) is 0 Å². The van der Waals surface area contributed by atoms with E-state index in [1.54, 1.807) is 4.81 Å². The number of hydrogen-bond acceptors (Lipinski definition) is 4. The van der Waals surface area contributed by atoms with E-state index < -0.39 is 11.7 Å². The molecule has 1 aromatic carbocycles. The Labute approximate surface area is 129 Å². The van der Waals surface area contributed by atoms with Crippen molar-refractivity contribution in [2.75, 3.05) is 26.2 Å². The molecule has 2 N–H and O–H groups in total. The van der Waals surface area contributed by atoms with Crippen LogP contribution in [0.2, 0.25) is 0 Å². The molecule has 1 aromatic heterocycles. The van der Waals surface area contributed by atoms with Crippen LogP contribution in [0.3, 0.4) is 0 Å². The largest absolute Gasteiger partial charge is 0.507 e. The zero-order valence-corrected chi connectivity index (χ0v) is 11.9. The van der Waals surface area contributed by atoms with Crippen molar-refractivity contribution >= 4 is 43.9 Å². The third-order valence-corrected chi connectivity index (χ3v) is 3.89. The maximum atomic E-state index is 12.5. The Morgan fingerprint density at radius 1 is 1.18 bits per heavy atom. The summed E-state index contributed by atoms with van der Waals surface area (Å²) < 4.78 is 0. The molecule has 2 heterocycles. The third kappa shape index (κ3) is 2.39. The molecule has 4 radical (unpaired) electrons. The summed E-state index contributed by atoms with van der Waals surface area (Å²) in [4.78, 5) is 30.7. The summed E-state index contributed by atoms with van der Waals surface area (Å²) in [7, 11) is 11.4. The monoisotopic (exact) mass is 293 g/mol. The fraction of sp³-hybridized carbons (Fsp3) is 0.286. The molecule has 8 heteroatoms. The molecule has 6 nitrogen and oxygen atoms in total. The lowest BCUT2D eigenvalue weighted by Crippen LogP contribution is -2.49. The van der Waals surface area contributed by atoms with Crippen molar-refractivity contribution in [3.05, 3.63) is 23.9 Å². The highest BCUT2D eigenvalue weighted by Crippen LogP contribution is 2.27. The van der Waals surface area contributed by atoms with Crippen LogP contribution in [0.25, 0.3) is 10.9 Å². The molecule has 108 valence electrons. The number of aromatic nitrogens is 1. The number of phenols is 1. The molecular formula is C14H13B2N3O3. The molecule has 0 saturated carbocycles. The number of fused-ring (bicyclic) bond motifs is 1. The summed E-state index contributed by atoms with van der Waals surface area (Å²) in [6, 6.07) is 2.94. The summed E-state index contributed by atoms with van der Waals surface area (Å²) >= 11 is 0. The van der Waals surface area contributed by atoms with Gasteiger partial charge in [-0.25, -0.2) is 0 Å². The van der Waals surface area contributed by atoms with Gasteiger partial charge in [-0.3, -0.25) is 9.59 Å². The SMILES string of the molecule is [B]c1ccc(O)c2c(C(=O)C(=O)N3CCN([B])CC3)c[nH]c12. The summed E-state index contributed by atoms with van der Waals surface area (Å²) in [5.74, 6) is -1.36. The number of piperazine rings is 1. The Morgan fingerprint density at radius 3 is 2.55 bits per heavy atom. The number of hydrogen-bond donors (Lipinski definition) is 2. The Hall–Kier alpha value is -2.21. The summed E-state index contributed by atoms with van der Waals surface area (Å²) in [5.41, 5.74) is 0.971. The number of Topliss-reactive ketones (excluding diaryl/α,β-unsaturated/α-hetero) is 1. The molecule has 0 spiro atoms. The predicted molar refractivity (Wildman–Crippen MR) is 83.6 cm³/mol. The predicted octanol–water partition coefficient (Wildman–Crippen LogP) is -0.922. The van der Waals surface area contributed by atoms with Crippen molar-refractivity contribution in [3.63, 3.8) is 0 Å². The molecule has 0 aliphatic carbocycles. The molecule has 22 heavy (non-hydrogen) atoms. The second-order valence-electron chi connectivity index (χ2n) is 5.28. The van der Waals surface area contributed by atoms with Crippen LogP contribution in [-0.2, 0) is 4.79 Å². The normalized spacial score (nSPS) is 16.1. The molecular weight excluding hydrogens is 280 g/mol. The Morgan fingerprint density at radius 2 is 1.86 bits per heavy atom. The van der Waals surface area contributed by atoms with E-state index >= 15 is 0 Å². The van der Waals surface area contributed by atoms with Gasteiger partial charge < -0.3 is 19.8 Å². The highest BCUT2D eigenvalue weighted by atomic mass is 16.3. The number of nitrogens with zero attached hydrogens (tertiary/aromatic N) is 2. The second-order valence-corrected chi connectivity index (χ2v) is 5.28. The van der Waals surface area contributed by atoms with Gasteiger partial charge in [-0.1, -0.05) is 11.5 Å². The van der Waals surface area contributed by atoms with Crippen LogP contribution in [0.1, 0.15) is 10.4 Å². The van der Waals surface area contributed by atoms with Crippen molar-refractivity contribution in [3.8, 4) is 5.75 Å². The minimum atomic E-state index is -0.669. The maximum absolute atomic E-state index is 12.5. The van der Waals surface area contributed by atoms with E-state index in [1.165, 1.54) is 23.2 Å². The maximum Gasteiger partial charge on any atom is 0.295 e. The van der Waals surface area contributed by atoms with E-state index in [0.717, 1.165) is 0 Å². The molecule has 1 aliphatic rings. The van der Waals surface area contributed by atoms with Crippen LogP contribution in [0.15, 0.2) is 18.3 Å². The number of carbonyl (C=O) groups excluding carboxylic acids is 2. The molecule has 3 rings (SSSR count). The number of rotatable bonds is 2. The topological polar surface area (TPSA) is 76.6 Å². The Kier molecular flexibility index (Phi) is 3.70. The van der Waals surface area contributed by atoms with E-state index in [4.69, 9.17) is 15.8 Å². The Bertz CT molecular complexity index is 751. The number of nitrogens with one attached hydrogen (secondary N) is 1. The van der Waals surface area contributed by atoms with Crippen molar-refractivity contribution < 1.29 is 14.7 Å². The number of aromatic hydroxyl groups is 1. The fourth-order valence-electron chi connectivity index (χ4n) is 2.62. The van der Waals surface area contributed by atoms with Gasteiger partial charge >= 0.3 is 0 Å². The standard InChI is InChI=1S/C14H13B2N3O3/c15-9-1-2-10(20)11-8(7-17-12(9)11)13(21)14(22)18-3-5-19(16)6-4-18/h1-2,7,17,20H,3-6H2. The highest BCUT2D eigenvalue weighted by Gasteiger charge is 2.28. The number of benzene rings is 1. The quantitative estimate of drug-likeness (QED) is 0.426. The smallest absolute Gasteiger partial charge is 0.295 e. The van der Waals surface area contributed by atoms with Crippen LogP contribution in [-0.4, -0.2) is 73.5 Å². The number of carbonyl (C=O) groups is 2. The number of amides is 1. The number of phenolic OH excluding ortho intramolecular Hbond substituents is 1. The lowest BCUT2D eigenvalue weighted by atomic mass is 9.92. The molecule has 0 bridgehead atoms. The summed E-state index contributed by atoms with van der Waals surface area (Å²) in [6.45, 7) is 1.84. The molecule has 0 atom stereocenters. The van der Waals surface area contributed by atoms with Gasteiger partial charge in [0.05, 0.1) is 10.9 Å². The van der Waals surface area contributed by atoms with Gasteiger partial charge in [-0.15, -0.1) is 0 Å². The molecule has 0 unspecified atom stereocenters. The van der Waals surface area contributed by atoms with E-state index in [0.29, 0.717) is 37.2 Å². The number of ketones is 1. The molecule has 2 aromatic rings. The average molecular weight is 293 g/mol. The van der Waals surface area contributed by atoms with Gasteiger partial charge in [0.25, 0.3) is 11.7 Å². The summed E-state index contributed by atoms with van der Waals surface area (Å²) in [5, 5.41) is 10.2. The molecule has 1 amide bonds. The first-order valence-corrected chi connectivity index (χ1v) is 6.91. The lowest BCUT2D eigenvalue weighted by Gasteiger charge is -2.32. The van der Waals surface area contributed by atoms with Gasteiger partial charge in [0.15, 0.2) is 7.98 Å². The highest BCUT2D eigenvalue weighted by molar-refractivity contribution is 6.46. The Balaban J connectivity index is 1.92. The van der Waals surface area contributed by atoms with Crippen LogP contribution in [0.4, 0.5) is 0 Å². The van der Waals surface area contributed by atoms with Gasteiger partial charge in [-0.05, 0) is 6.07 Å². The molecule has 1 aliphatic heterocycles. The summed E-state index contributed by atoms with van der Waals surface area (Å²) in [6.07, 6.45) is 1.40. The lowest BCUT2D eigenvalue weighted by molar-refractivity contribution is -0.127. The minimum Gasteiger partial charge on any atom is -0.507 e. The van der Waals surface area contributed by atoms with Crippen LogP contribution in [0.5, 0.6) is 5.75 Å². The fourth-order valence-corrected chi connectivity index (χ4v) is 2.62. The average Bonchev–Trinajstić information content (AvgIpc) is 2.96. The first-order chi connectivity index (χ1) is 10.5. The second kappa shape index (κ2) is 5.53. The van der Waals surface area contributed by atoms with E-state index in [2.05, 4.69) is 4.98 Å². The van der Waals surface area contributed by atoms with Gasteiger partial charge in [0.1, 0.15) is 13.6 Å². The zero-order valence-electron chi connectivity index (χ0n) is 11.9. The molecule has 1 saturated heterocycles. The van der Waals surface area contributed by atoms with E-state index in [1.807, 2.05) is 0 Å². The van der Waals surface area contributed by atoms with Crippen molar-refractivity contribution in [1.82, 2.24) is 14.7 Å². The van der Waals surface area contributed by atoms with Gasteiger partial charge in [0.2, 0.25) is 0 Å². The van der Waals surface area contributed by atoms with Crippen molar-refractivity contribution in [1.29, 1.82) is 0 Å². The number of H-pyrrole nitrogens is 1. The van der Waals surface area contributed by atoms with Gasteiger partial charge in [-0.2, -0.15) is 0 Å². The minimum absolute atomic E-state index is 0.0895. The van der Waals surface area contributed by atoms with Crippen molar-refractivity contribution in [2.45, 2.75) is 0 Å². The molecule has 1 fully saturated rings. The van der Waals surface area contributed by atoms with Crippen molar-refractivity contribution in [2.24, 2.45) is 0 Å². The number of aromatic amines is 1. The van der Waals surface area contributed by atoms with Gasteiger partial charge in [0, 0.05) is 37.9 Å². The first-order valence-electron chi connectivity index (χ1n) is 6.91. The first kappa shape index (κ1) is 14.7. The van der Waals surface area contributed by atoms with Crippen LogP contribution >= 0.6 is 0 Å². The van der Waals surface area contributed by atoms with Crippen LogP contribution < -0.4 is 5.46 Å².